The lowest BCUT2D eigenvalue weighted by Gasteiger charge is -2.16. The summed E-state index contributed by atoms with van der Waals surface area (Å²) in [5.74, 6) is 1.67. The Kier molecular flexibility index (Phi) is 8.38. The van der Waals surface area contributed by atoms with Crippen LogP contribution >= 0.6 is 0 Å². The predicted molar refractivity (Wildman–Crippen MR) is 145 cm³/mol. The zero-order valence-electron chi connectivity index (χ0n) is 21.8. The van der Waals surface area contributed by atoms with Gasteiger partial charge in [-0.05, 0) is 81.0 Å². The lowest BCUT2D eigenvalue weighted by atomic mass is 10.0. The summed E-state index contributed by atoms with van der Waals surface area (Å²) in [6.45, 7) is 4.11. The Morgan fingerprint density at radius 3 is 2.57 bits per heavy atom. The number of hydrogen-bond donors (Lipinski definition) is 1. The molecule has 0 unspecified atom stereocenters. The molecular weight excluding hydrogens is 471 g/mol. The van der Waals surface area contributed by atoms with Crippen molar-refractivity contribution in [2.45, 2.75) is 39.2 Å². The van der Waals surface area contributed by atoms with E-state index in [1.165, 1.54) is 29.3 Å². The Balaban J connectivity index is 0.00000102. The fourth-order valence-corrected chi connectivity index (χ4v) is 4.91. The number of imidazole rings is 1. The number of aromatic nitrogens is 3. The summed E-state index contributed by atoms with van der Waals surface area (Å²) < 4.78 is 17.1. The molecule has 0 radical (unpaired) electrons. The van der Waals surface area contributed by atoms with Crippen molar-refractivity contribution in [2.24, 2.45) is 13.0 Å². The summed E-state index contributed by atoms with van der Waals surface area (Å²) in [7, 11) is 4.06. The van der Waals surface area contributed by atoms with E-state index >= 15 is 0 Å². The SMILES string of the molecule is Cc1ccc2cc(-c3nc4cc(C=O)c(CCN(C)CCCF)cc4n3C)n(CC3CC3)c2c1.O=CO. The van der Waals surface area contributed by atoms with Gasteiger partial charge in [0.05, 0.1) is 23.4 Å². The van der Waals surface area contributed by atoms with E-state index in [1.54, 1.807) is 0 Å². The number of aldehydes is 1. The number of rotatable bonds is 10. The van der Waals surface area contributed by atoms with E-state index in [0.29, 0.717) is 12.0 Å². The number of halogens is 1. The number of likely N-dealkylation sites (N-methyl/N-ethyl adjacent to an activating group) is 1. The fourth-order valence-electron chi connectivity index (χ4n) is 4.91. The van der Waals surface area contributed by atoms with Gasteiger partial charge in [-0.2, -0.15) is 0 Å². The van der Waals surface area contributed by atoms with E-state index in [1.807, 2.05) is 13.1 Å². The molecule has 0 atom stereocenters. The molecule has 4 aromatic rings. The lowest BCUT2D eigenvalue weighted by molar-refractivity contribution is -0.122. The van der Waals surface area contributed by atoms with Gasteiger partial charge in [-0.3, -0.25) is 14.0 Å². The molecule has 37 heavy (non-hydrogen) atoms. The number of nitrogens with zero attached hydrogens (tertiary/aromatic N) is 4. The number of carbonyl (C=O) groups excluding carboxylic acids is 1. The molecule has 0 aliphatic heterocycles. The van der Waals surface area contributed by atoms with Crippen molar-refractivity contribution < 1.29 is 19.1 Å². The highest BCUT2D eigenvalue weighted by Gasteiger charge is 2.25. The van der Waals surface area contributed by atoms with E-state index in [2.05, 4.69) is 58.3 Å². The highest BCUT2D eigenvalue weighted by molar-refractivity contribution is 5.91. The zero-order chi connectivity index (χ0) is 26.5. The van der Waals surface area contributed by atoms with E-state index in [4.69, 9.17) is 14.9 Å². The van der Waals surface area contributed by atoms with Gasteiger partial charge < -0.3 is 19.1 Å². The highest BCUT2D eigenvalue weighted by Crippen LogP contribution is 2.36. The molecule has 196 valence electrons. The standard InChI is InChI=1S/C28H33FN4O.CH2O2/c1-19-5-8-22-16-27(33(25(22)13-19)17-20-6-7-20)28-30-24-14-23(18-34)21(15-26(24)32(28)3)9-12-31(2)11-4-10-29;2-1-3/h5,8,13-16,18,20H,4,6-7,9-12,17H2,1-3H3;1H,(H,2,3). The molecule has 1 saturated carbocycles. The van der Waals surface area contributed by atoms with Gasteiger partial charge in [0.25, 0.3) is 6.47 Å². The molecule has 8 heteroatoms. The molecule has 2 aromatic carbocycles. The van der Waals surface area contributed by atoms with Gasteiger partial charge in [-0.1, -0.05) is 12.1 Å². The predicted octanol–water partition coefficient (Wildman–Crippen LogP) is 5.26. The average molecular weight is 507 g/mol. The minimum atomic E-state index is -0.301. The number of carboxylic acid groups (broad SMARTS) is 1. The van der Waals surface area contributed by atoms with Gasteiger partial charge in [0.1, 0.15) is 6.29 Å². The van der Waals surface area contributed by atoms with Crippen molar-refractivity contribution in [3.8, 4) is 11.5 Å². The zero-order valence-corrected chi connectivity index (χ0v) is 21.8. The second-order valence-corrected chi connectivity index (χ2v) is 10.00. The van der Waals surface area contributed by atoms with Crippen molar-refractivity contribution in [2.75, 3.05) is 26.8 Å². The third-order valence-corrected chi connectivity index (χ3v) is 7.13. The number of hydrogen-bond acceptors (Lipinski definition) is 4. The molecule has 0 spiro atoms. The van der Waals surface area contributed by atoms with Crippen LogP contribution in [-0.4, -0.2) is 63.7 Å². The number of fused-ring (bicyclic) bond motifs is 2. The van der Waals surface area contributed by atoms with Crippen LogP contribution in [0.5, 0.6) is 0 Å². The summed E-state index contributed by atoms with van der Waals surface area (Å²) >= 11 is 0. The van der Waals surface area contributed by atoms with Crippen molar-refractivity contribution in [1.82, 2.24) is 19.0 Å². The maximum Gasteiger partial charge on any atom is 0.290 e. The molecule has 7 nitrogen and oxygen atoms in total. The third-order valence-electron chi connectivity index (χ3n) is 7.13. The van der Waals surface area contributed by atoms with Crippen LogP contribution in [0, 0.1) is 12.8 Å². The molecule has 0 bridgehead atoms. The first-order valence-electron chi connectivity index (χ1n) is 12.8. The first-order valence-corrected chi connectivity index (χ1v) is 12.8. The molecule has 0 saturated heterocycles. The van der Waals surface area contributed by atoms with Crippen molar-refractivity contribution in [3.63, 3.8) is 0 Å². The average Bonchev–Trinajstić information content (AvgIpc) is 3.57. The quantitative estimate of drug-likeness (QED) is 0.297. The summed E-state index contributed by atoms with van der Waals surface area (Å²) in [5, 5.41) is 8.12. The minimum Gasteiger partial charge on any atom is -0.483 e. The molecule has 1 fully saturated rings. The number of carbonyl (C=O) groups is 2. The summed E-state index contributed by atoms with van der Waals surface area (Å²) in [5.41, 5.74) is 7.22. The van der Waals surface area contributed by atoms with Gasteiger partial charge in [0.2, 0.25) is 0 Å². The summed E-state index contributed by atoms with van der Waals surface area (Å²) in [4.78, 5) is 27.4. The van der Waals surface area contributed by atoms with Crippen LogP contribution in [-0.2, 0) is 24.8 Å². The molecule has 2 heterocycles. The maximum absolute atomic E-state index is 12.5. The smallest absolute Gasteiger partial charge is 0.290 e. The Morgan fingerprint density at radius 2 is 1.89 bits per heavy atom. The molecule has 1 aliphatic rings. The molecule has 1 aliphatic carbocycles. The van der Waals surface area contributed by atoms with Crippen LogP contribution in [0.25, 0.3) is 33.5 Å². The van der Waals surface area contributed by atoms with E-state index < -0.39 is 0 Å². The van der Waals surface area contributed by atoms with Gasteiger partial charge in [0, 0.05) is 43.1 Å². The van der Waals surface area contributed by atoms with Crippen molar-refractivity contribution >= 4 is 34.7 Å². The molecule has 5 rings (SSSR count). The maximum atomic E-state index is 12.5. The third kappa shape index (κ3) is 5.91. The Morgan fingerprint density at radius 1 is 1.14 bits per heavy atom. The second-order valence-electron chi connectivity index (χ2n) is 10.00. The van der Waals surface area contributed by atoms with Gasteiger partial charge in [0.15, 0.2) is 5.82 Å². The van der Waals surface area contributed by atoms with E-state index in [9.17, 15) is 9.18 Å². The van der Waals surface area contributed by atoms with Crippen LogP contribution < -0.4 is 0 Å². The molecule has 0 amide bonds. The molecule has 1 N–H and O–H groups in total. The van der Waals surface area contributed by atoms with Crippen LogP contribution in [0.4, 0.5) is 4.39 Å². The van der Waals surface area contributed by atoms with E-state index in [0.717, 1.165) is 66.4 Å². The van der Waals surface area contributed by atoms with Crippen molar-refractivity contribution in [3.05, 3.63) is 53.1 Å². The normalized spacial score (nSPS) is 13.2. The topological polar surface area (TPSA) is 80.4 Å². The van der Waals surface area contributed by atoms with Crippen LogP contribution in [0.1, 0.15) is 40.7 Å². The monoisotopic (exact) mass is 506 g/mol. The largest absolute Gasteiger partial charge is 0.483 e. The summed E-state index contributed by atoms with van der Waals surface area (Å²) in [6.07, 6.45) is 4.79. The Labute approximate surface area is 216 Å². The minimum absolute atomic E-state index is 0.250. The Hall–Kier alpha value is -3.52. The van der Waals surface area contributed by atoms with Gasteiger partial charge in [-0.15, -0.1) is 0 Å². The van der Waals surface area contributed by atoms with Crippen LogP contribution in [0.15, 0.2) is 36.4 Å². The molecular formula is C29H35FN4O3. The summed E-state index contributed by atoms with van der Waals surface area (Å²) in [6, 6.07) is 12.9. The van der Waals surface area contributed by atoms with Crippen molar-refractivity contribution in [1.29, 1.82) is 0 Å². The first-order chi connectivity index (χ1) is 17.9. The van der Waals surface area contributed by atoms with Crippen LogP contribution in [0.2, 0.25) is 0 Å². The van der Waals surface area contributed by atoms with E-state index in [-0.39, 0.29) is 13.1 Å². The van der Waals surface area contributed by atoms with Crippen LogP contribution in [0.3, 0.4) is 0 Å². The fraction of sp³-hybridized carbons (Fsp3) is 0.414. The van der Waals surface area contributed by atoms with Gasteiger partial charge >= 0.3 is 0 Å². The van der Waals surface area contributed by atoms with Gasteiger partial charge in [-0.25, -0.2) is 4.98 Å². The number of benzene rings is 2. The second kappa shape index (κ2) is 11.7. The Bertz CT molecular complexity index is 1400. The molecule has 2 aromatic heterocycles. The number of aryl methyl sites for hydroxylation is 2. The first kappa shape index (κ1) is 26.5. The number of alkyl halides is 1. The lowest BCUT2D eigenvalue weighted by Crippen LogP contribution is -2.23. The highest BCUT2D eigenvalue weighted by atomic mass is 19.1.